The minimum absolute atomic E-state index is 0.536. The number of benzene rings is 1. The van der Waals surface area contributed by atoms with Gasteiger partial charge in [0.25, 0.3) is 0 Å². The third-order valence-electron chi connectivity index (χ3n) is 1.60. The van der Waals surface area contributed by atoms with Crippen molar-refractivity contribution in [3.63, 3.8) is 0 Å². The van der Waals surface area contributed by atoms with Crippen molar-refractivity contribution in [2.75, 3.05) is 7.11 Å². The number of methoxy groups -OCH3 is 1. The molecular weight excluding hydrogens is 203 g/mol. The summed E-state index contributed by atoms with van der Waals surface area (Å²) in [4.78, 5) is 0.536. The molecule has 0 N–H and O–H groups in total. The second-order valence-corrected chi connectivity index (χ2v) is 4.07. The van der Waals surface area contributed by atoms with E-state index >= 15 is 0 Å². The normalized spacial score (nSPS) is 12.6. The zero-order valence-electron chi connectivity index (χ0n) is 6.74. The van der Waals surface area contributed by atoms with Crippen LogP contribution in [0.3, 0.4) is 0 Å². The van der Waals surface area contributed by atoms with Crippen LogP contribution >= 0.6 is 0 Å². The number of rotatable bonds is 2. The summed E-state index contributed by atoms with van der Waals surface area (Å²) in [7, 11) is 1.68. The summed E-state index contributed by atoms with van der Waals surface area (Å²) in [5.74, 6) is 0.918. The van der Waals surface area contributed by atoms with Crippen LogP contribution in [0.25, 0.3) is 0 Å². The van der Waals surface area contributed by atoms with Gasteiger partial charge in [-0.3, -0.25) is 0 Å². The fourth-order valence-electron chi connectivity index (χ4n) is 0.882. The van der Waals surface area contributed by atoms with E-state index in [-0.39, 0.29) is 0 Å². The molecule has 1 unspecified atom stereocenters. The summed E-state index contributed by atoms with van der Waals surface area (Å²) in [5, 5.41) is 0. The molecule has 0 saturated heterocycles. The van der Waals surface area contributed by atoms with Crippen LogP contribution < -0.4 is 4.74 Å². The topological polar surface area (TPSA) is 9.23 Å². The molecule has 1 nitrogen and oxygen atoms in total. The van der Waals surface area contributed by atoms with Gasteiger partial charge in [0.15, 0.2) is 0 Å². The molecule has 0 amide bonds. The molecule has 2 heteroatoms. The fourth-order valence-corrected chi connectivity index (χ4v) is 1.24. The van der Waals surface area contributed by atoms with E-state index in [1.807, 2.05) is 12.1 Å². The van der Waals surface area contributed by atoms with Crippen LogP contribution in [-0.4, -0.2) is 23.1 Å². The van der Waals surface area contributed by atoms with Gasteiger partial charge in [-0.2, -0.15) is 0 Å². The molecule has 0 aliphatic heterocycles. The molecule has 0 radical (unpaired) electrons. The zero-order valence-corrected chi connectivity index (χ0v) is 8.62. The molecule has 0 aliphatic rings. The first-order valence-electron chi connectivity index (χ1n) is 3.56. The summed E-state index contributed by atoms with van der Waals surface area (Å²) in [6, 6.07) is 8.14. The Labute approximate surface area is 75.6 Å². The van der Waals surface area contributed by atoms with Gasteiger partial charge in [-0.1, -0.05) is 0 Å². The summed E-state index contributed by atoms with van der Waals surface area (Å²) < 4.78 is 5.04. The Morgan fingerprint density at radius 3 is 2.18 bits per heavy atom. The summed E-state index contributed by atoms with van der Waals surface area (Å²) in [6.45, 7) is 2.15. The third kappa shape index (κ3) is 2.25. The van der Waals surface area contributed by atoms with E-state index in [0.717, 1.165) is 5.75 Å². The van der Waals surface area contributed by atoms with Gasteiger partial charge in [0.2, 0.25) is 0 Å². The van der Waals surface area contributed by atoms with Gasteiger partial charge in [0.05, 0.1) is 0 Å². The van der Waals surface area contributed by atoms with Gasteiger partial charge in [0, 0.05) is 0 Å². The van der Waals surface area contributed by atoms with Crippen molar-refractivity contribution in [3.05, 3.63) is 29.8 Å². The summed E-state index contributed by atoms with van der Waals surface area (Å²) >= 11 is 2.62. The number of hydrogen-bond donors (Lipinski definition) is 0. The average Bonchev–Trinajstić information content (AvgIpc) is 2.05. The van der Waals surface area contributed by atoms with Crippen LogP contribution in [0, 0.1) is 0 Å². The molecule has 0 spiro atoms. The van der Waals surface area contributed by atoms with Crippen molar-refractivity contribution in [1.82, 2.24) is 0 Å². The van der Waals surface area contributed by atoms with Crippen LogP contribution in [0.15, 0.2) is 24.3 Å². The van der Waals surface area contributed by atoms with Crippen molar-refractivity contribution >= 4 is 16.0 Å². The SMILES string of the molecule is COc1ccc(C(C)[SeH])cc1. The Morgan fingerprint density at radius 2 is 1.82 bits per heavy atom. The maximum atomic E-state index is 5.04. The molecule has 1 aromatic carbocycles. The zero-order chi connectivity index (χ0) is 8.27. The standard InChI is InChI=1S/C9H12OSe/c1-7(11)8-3-5-9(10-2)6-4-8/h3-7,11H,1-2H3. The average molecular weight is 215 g/mol. The molecule has 1 atom stereocenters. The van der Waals surface area contributed by atoms with Gasteiger partial charge in [0.1, 0.15) is 0 Å². The monoisotopic (exact) mass is 216 g/mol. The van der Waals surface area contributed by atoms with Crippen LogP contribution in [0.5, 0.6) is 5.75 Å². The predicted octanol–water partition coefficient (Wildman–Crippen LogP) is 1.66. The van der Waals surface area contributed by atoms with Gasteiger partial charge in [-0.25, -0.2) is 0 Å². The Morgan fingerprint density at radius 1 is 1.27 bits per heavy atom. The van der Waals surface area contributed by atoms with E-state index in [9.17, 15) is 0 Å². The molecular formula is C9H12OSe. The molecule has 0 heterocycles. The predicted molar refractivity (Wildman–Crippen MR) is 48.6 cm³/mol. The van der Waals surface area contributed by atoms with Crippen LogP contribution in [0.4, 0.5) is 0 Å². The Balaban J connectivity index is 2.83. The second-order valence-electron chi connectivity index (χ2n) is 2.45. The number of hydrogen-bond acceptors (Lipinski definition) is 1. The molecule has 0 fully saturated rings. The molecule has 0 aromatic heterocycles. The first-order valence-corrected chi connectivity index (χ1v) is 4.64. The van der Waals surface area contributed by atoms with Crippen molar-refractivity contribution < 1.29 is 4.74 Å². The van der Waals surface area contributed by atoms with Gasteiger partial charge < -0.3 is 0 Å². The molecule has 1 rings (SSSR count). The van der Waals surface area contributed by atoms with Crippen molar-refractivity contribution in [2.45, 2.75) is 11.7 Å². The molecule has 11 heavy (non-hydrogen) atoms. The van der Waals surface area contributed by atoms with E-state index in [1.54, 1.807) is 7.11 Å². The molecule has 60 valence electrons. The van der Waals surface area contributed by atoms with Crippen LogP contribution in [0.2, 0.25) is 0 Å². The number of ether oxygens (including phenoxy) is 1. The maximum absolute atomic E-state index is 5.04. The Kier molecular flexibility index (Phi) is 2.98. The van der Waals surface area contributed by atoms with Gasteiger partial charge in [-0.15, -0.1) is 0 Å². The van der Waals surface area contributed by atoms with Crippen molar-refractivity contribution in [2.24, 2.45) is 0 Å². The Hall–Kier alpha value is -0.461. The van der Waals surface area contributed by atoms with Crippen molar-refractivity contribution in [1.29, 1.82) is 0 Å². The molecule has 0 saturated carbocycles. The summed E-state index contributed by atoms with van der Waals surface area (Å²) in [5.41, 5.74) is 1.32. The fraction of sp³-hybridized carbons (Fsp3) is 0.333. The summed E-state index contributed by atoms with van der Waals surface area (Å²) in [6.07, 6.45) is 0. The van der Waals surface area contributed by atoms with Gasteiger partial charge >= 0.3 is 75.2 Å². The molecule has 1 aromatic rings. The minimum atomic E-state index is 0.536. The molecule has 0 bridgehead atoms. The first kappa shape index (κ1) is 8.63. The Bertz CT molecular complexity index is 216. The van der Waals surface area contributed by atoms with E-state index in [1.165, 1.54) is 5.56 Å². The quantitative estimate of drug-likeness (QED) is 0.682. The first-order chi connectivity index (χ1) is 5.24. The van der Waals surface area contributed by atoms with E-state index in [4.69, 9.17) is 4.74 Å². The molecule has 0 aliphatic carbocycles. The third-order valence-corrected chi connectivity index (χ3v) is 2.22. The van der Waals surface area contributed by atoms with Crippen LogP contribution in [-0.2, 0) is 0 Å². The second kappa shape index (κ2) is 3.79. The van der Waals surface area contributed by atoms with Gasteiger partial charge in [-0.05, 0) is 0 Å². The van der Waals surface area contributed by atoms with E-state index < -0.39 is 0 Å². The van der Waals surface area contributed by atoms with E-state index in [2.05, 4.69) is 35.1 Å². The van der Waals surface area contributed by atoms with Crippen molar-refractivity contribution in [3.8, 4) is 5.75 Å². The van der Waals surface area contributed by atoms with E-state index in [0.29, 0.717) is 4.82 Å². The van der Waals surface area contributed by atoms with Crippen LogP contribution in [0.1, 0.15) is 17.3 Å².